The number of rotatable bonds is 5. The maximum absolute atomic E-state index is 12.8. The number of hydrogen-bond acceptors (Lipinski definition) is 2. The summed E-state index contributed by atoms with van der Waals surface area (Å²) in [6.07, 6.45) is -3.53. The van der Waals surface area contributed by atoms with Gasteiger partial charge in [0.1, 0.15) is 16.5 Å². The fourth-order valence-electron chi connectivity index (χ4n) is 3.68. The Balaban J connectivity index is 1.84. The molecule has 0 spiro atoms. The Morgan fingerprint density at radius 3 is 2.39 bits per heavy atom. The van der Waals surface area contributed by atoms with E-state index in [1.165, 1.54) is 0 Å². The zero-order valence-electron chi connectivity index (χ0n) is 15.4. The molecule has 0 amide bonds. The van der Waals surface area contributed by atoms with Crippen molar-refractivity contribution in [3.63, 3.8) is 0 Å². The van der Waals surface area contributed by atoms with Gasteiger partial charge in [-0.25, -0.2) is 0 Å². The molecule has 2 aromatic carbocycles. The molecule has 1 aliphatic carbocycles. The lowest BCUT2D eigenvalue weighted by Crippen LogP contribution is -2.07. The molecule has 0 aliphatic heterocycles. The van der Waals surface area contributed by atoms with Gasteiger partial charge in [0.15, 0.2) is 0 Å². The lowest BCUT2D eigenvalue weighted by molar-refractivity contribution is -0.0848. The van der Waals surface area contributed by atoms with Crippen LogP contribution in [0.4, 0.5) is 13.2 Å². The van der Waals surface area contributed by atoms with E-state index < -0.39 is 28.5 Å². The van der Waals surface area contributed by atoms with Crippen molar-refractivity contribution < 1.29 is 17.9 Å². The lowest BCUT2D eigenvalue weighted by Gasteiger charge is -2.13. The summed E-state index contributed by atoms with van der Waals surface area (Å²) in [6, 6.07) is 18.6. The van der Waals surface area contributed by atoms with E-state index in [1.54, 1.807) is 24.3 Å². The highest BCUT2D eigenvalue weighted by atomic mass is 35.5. The fraction of sp³-hybridized carbons (Fsp3) is 0.318. The van der Waals surface area contributed by atoms with E-state index in [2.05, 4.69) is 6.07 Å². The van der Waals surface area contributed by atoms with Gasteiger partial charge in [-0.05, 0) is 47.1 Å². The van der Waals surface area contributed by atoms with Gasteiger partial charge in [-0.1, -0.05) is 61.9 Å². The average molecular weight is 406 g/mol. The van der Waals surface area contributed by atoms with Gasteiger partial charge < -0.3 is 4.74 Å². The Morgan fingerprint density at radius 2 is 1.79 bits per heavy atom. The number of nitrogens with zero attached hydrogens (tertiary/aromatic N) is 1. The van der Waals surface area contributed by atoms with Crippen LogP contribution in [0.2, 0.25) is 0 Å². The van der Waals surface area contributed by atoms with Crippen molar-refractivity contribution in [2.75, 3.05) is 0 Å². The van der Waals surface area contributed by atoms with E-state index in [9.17, 15) is 18.4 Å². The van der Waals surface area contributed by atoms with Crippen LogP contribution in [0.15, 0.2) is 65.7 Å². The molecule has 3 rings (SSSR count). The lowest BCUT2D eigenvalue weighted by atomic mass is 9.91. The van der Waals surface area contributed by atoms with Gasteiger partial charge in [-0.15, -0.1) is 0 Å². The van der Waals surface area contributed by atoms with Crippen LogP contribution in [0.25, 0.3) is 0 Å². The van der Waals surface area contributed by atoms with Crippen LogP contribution in [-0.4, -0.2) is 6.18 Å². The highest BCUT2D eigenvalue weighted by Gasteiger charge is 2.60. The zero-order valence-corrected chi connectivity index (χ0v) is 16.1. The highest BCUT2D eigenvalue weighted by Crippen LogP contribution is 2.65. The molecule has 2 nitrogen and oxygen atoms in total. The predicted octanol–water partition coefficient (Wildman–Crippen LogP) is 7.04. The Morgan fingerprint density at radius 1 is 1.14 bits per heavy atom. The van der Waals surface area contributed by atoms with Crippen molar-refractivity contribution in [2.45, 2.75) is 25.9 Å². The summed E-state index contributed by atoms with van der Waals surface area (Å²) in [5.41, 5.74) is 0.260. The quantitative estimate of drug-likeness (QED) is 0.534. The number of ether oxygens (including phenoxy) is 1. The minimum absolute atomic E-state index is 0.263. The van der Waals surface area contributed by atoms with Crippen LogP contribution in [0.5, 0.6) is 11.5 Å². The molecule has 0 heterocycles. The molecule has 1 fully saturated rings. The fourth-order valence-corrected chi connectivity index (χ4v) is 3.82. The number of para-hydroxylation sites is 1. The SMILES string of the molecule is CC1(C)[C@H](C=C(Cl)C(F)(F)F)[C@@H]1C(C#N)c1cccc(Oc2ccccc2)c1. The van der Waals surface area contributed by atoms with Gasteiger partial charge in [0.2, 0.25) is 0 Å². The second-order valence-corrected chi connectivity index (χ2v) is 7.89. The summed E-state index contributed by atoms with van der Waals surface area (Å²) in [7, 11) is 0. The molecule has 0 N–H and O–H groups in total. The molecule has 1 aliphatic rings. The summed E-state index contributed by atoms with van der Waals surface area (Å²) < 4.78 is 44.2. The molecule has 0 saturated heterocycles. The Bertz CT molecular complexity index is 915. The molecule has 2 aromatic rings. The van der Waals surface area contributed by atoms with Crippen LogP contribution in [-0.2, 0) is 0 Å². The summed E-state index contributed by atoms with van der Waals surface area (Å²) in [6.45, 7) is 3.71. The van der Waals surface area contributed by atoms with Crippen molar-refractivity contribution in [2.24, 2.45) is 17.3 Å². The molecule has 0 bridgehead atoms. The van der Waals surface area contributed by atoms with Gasteiger partial charge in [0, 0.05) is 0 Å². The van der Waals surface area contributed by atoms with Crippen molar-refractivity contribution in [1.82, 2.24) is 0 Å². The number of nitriles is 1. The molecule has 28 heavy (non-hydrogen) atoms. The number of hydrogen-bond donors (Lipinski definition) is 0. The molecule has 0 aromatic heterocycles. The van der Waals surface area contributed by atoms with E-state index in [-0.39, 0.29) is 5.92 Å². The highest BCUT2D eigenvalue weighted by molar-refractivity contribution is 6.30. The second kappa shape index (κ2) is 7.52. The maximum atomic E-state index is 12.8. The first-order valence-corrected chi connectivity index (χ1v) is 9.19. The van der Waals surface area contributed by atoms with Crippen LogP contribution in [0.1, 0.15) is 25.3 Å². The van der Waals surface area contributed by atoms with E-state index in [4.69, 9.17) is 16.3 Å². The van der Waals surface area contributed by atoms with Crippen LogP contribution in [0.3, 0.4) is 0 Å². The third-order valence-electron chi connectivity index (χ3n) is 5.29. The zero-order chi connectivity index (χ0) is 20.5. The summed E-state index contributed by atoms with van der Waals surface area (Å²) in [4.78, 5) is 0. The number of benzene rings is 2. The summed E-state index contributed by atoms with van der Waals surface area (Å²) in [5, 5.41) is 8.61. The topological polar surface area (TPSA) is 33.0 Å². The van der Waals surface area contributed by atoms with Gasteiger partial charge in [-0.3, -0.25) is 0 Å². The minimum Gasteiger partial charge on any atom is -0.457 e. The Hall–Kier alpha value is -2.45. The van der Waals surface area contributed by atoms with E-state index in [0.717, 1.165) is 6.08 Å². The van der Waals surface area contributed by atoms with Gasteiger partial charge in [0.05, 0.1) is 12.0 Å². The van der Waals surface area contributed by atoms with Gasteiger partial charge in [0.25, 0.3) is 0 Å². The first-order chi connectivity index (χ1) is 13.1. The molecule has 1 saturated carbocycles. The van der Waals surface area contributed by atoms with E-state index in [0.29, 0.717) is 17.1 Å². The molecular weight excluding hydrogens is 387 g/mol. The van der Waals surface area contributed by atoms with Crippen molar-refractivity contribution in [3.05, 3.63) is 71.3 Å². The van der Waals surface area contributed by atoms with Gasteiger partial charge in [-0.2, -0.15) is 18.4 Å². The molecule has 0 radical (unpaired) electrons. The minimum atomic E-state index is -4.57. The van der Waals surface area contributed by atoms with Crippen molar-refractivity contribution in [1.29, 1.82) is 5.26 Å². The van der Waals surface area contributed by atoms with E-state index >= 15 is 0 Å². The maximum Gasteiger partial charge on any atom is 0.426 e. The largest absolute Gasteiger partial charge is 0.457 e. The van der Waals surface area contributed by atoms with Crippen LogP contribution in [0, 0.1) is 28.6 Å². The summed E-state index contributed by atoms with van der Waals surface area (Å²) >= 11 is 5.43. The standard InChI is InChI=1S/C22H19ClF3NO/c1-21(2)18(12-19(23)22(24,25)26)20(21)17(13-27)14-7-6-10-16(11-14)28-15-8-4-3-5-9-15/h3-12,17-18,20H,1-2H3/t17?,18-,20+/m1/s1. The van der Waals surface area contributed by atoms with Gasteiger partial charge >= 0.3 is 6.18 Å². The summed E-state index contributed by atoms with van der Waals surface area (Å²) in [5.74, 6) is -0.0145. The van der Waals surface area contributed by atoms with Crippen molar-refractivity contribution >= 4 is 11.6 Å². The Kier molecular flexibility index (Phi) is 5.45. The number of halogens is 4. The molecular formula is C22H19ClF3NO. The van der Waals surface area contributed by atoms with Crippen LogP contribution < -0.4 is 4.74 Å². The molecule has 1 unspecified atom stereocenters. The first-order valence-electron chi connectivity index (χ1n) is 8.81. The number of allylic oxidation sites excluding steroid dienone is 2. The molecule has 6 heteroatoms. The third kappa shape index (κ3) is 4.18. The van der Waals surface area contributed by atoms with E-state index in [1.807, 2.05) is 44.2 Å². The molecule has 3 atom stereocenters. The average Bonchev–Trinajstić information content (AvgIpc) is 3.16. The first kappa shape index (κ1) is 20.3. The molecule has 146 valence electrons. The number of alkyl halides is 3. The second-order valence-electron chi connectivity index (χ2n) is 7.48. The van der Waals surface area contributed by atoms with Crippen molar-refractivity contribution in [3.8, 4) is 17.6 Å². The Labute approximate surface area is 167 Å². The predicted molar refractivity (Wildman–Crippen MR) is 102 cm³/mol. The third-order valence-corrected chi connectivity index (χ3v) is 5.63. The smallest absolute Gasteiger partial charge is 0.426 e. The monoisotopic (exact) mass is 405 g/mol. The van der Waals surface area contributed by atoms with Crippen LogP contribution >= 0.6 is 11.6 Å². The normalized spacial score (nSPS) is 22.2.